The number of rotatable bonds is 4. The molecule has 98 valence electrons. The van der Waals surface area contributed by atoms with E-state index < -0.39 is 0 Å². The van der Waals surface area contributed by atoms with Gasteiger partial charge in [-0.25, -0.2) is 0 Å². The van der Waals surface area contributed by atoms with E-state index in [1.807, 2.05) is 37.3 Å². The molecule has 3 N–H and O–H groups in total. The van der Waals surface area contributed by atoms with Crippen LogP contribution in [0.15, 0.2) is 30.3 Å². The fourth-order valence-corrected chi connectivity index (χ4v) is 2.20. The van der Waals surface area contributed by atoms with Crippen LogP contribution in [-0.2, 0) is 9.53 Å². The fourth-order valence-electron chi connectivity index (χ4n) is 2.20. The van der Waals surface area contributed by atoms with Crippen LogP contribution in [0.25, 0.3) is 0 Å². The Kier molecular flexibility index (Phi) is 4.33. The number of nitrogens with two attached hydrogens (primary N) is 1. The lowest BCUT2D eigenvalue weighted by atomic mass is 10.1. The lowest BCUT2D eigenvalue weighted by molar-refractivity contribution is -0.132. The van der Waals surface area contributed by atoms with Gasteiger partial charge in [0.2, 0.25) is 5.91 Å². The van der Waals surface area contributed by atoms with Gasteiger partial charge in [-0.05, 0) is 25.3 Å². The molecule has 0 aromatic heterocycles. The Morgan fingerprint density at radius 1 is 1.44 bits per heavy atom. The number of hydrogen-bond donors (Lipinski definition) is 2. The predicted octanol–water partition coefficient (Wildman–Crippen LogP) is 1.37. The molecule has 1 fully saturated rings. The zero-order valence-corrected chi connectivity index (χ0v) is 10.6. The van der Waals surface area contributed by atoms with Crippen LogP contribution in [0, 0.1) is 0 Å². The molecule has 1 heterocycles. The number of hydrogen-bond acceptors (Lipinski definition) is 3. The molecule has 1 amide bonds. The number of carbonyl (C=O) groups excluding carboxylic acids is 1. The van der Waals surface area contributed by atoms with E-state index in [0.29, 0.717) is 6.54 Å². The maximum atomic E-state index is 12.0. The number of benzene rings is 1. The molecule has 1 aromatic carbocycles. The molecule has 1 aliphatic rings. The van der Waals surface area contributed by atoms with Crippen molar-refractivity contribution in [3.8, 4) is 0 Å². The highest BCUT2D eigenvalue weighted by Gasteiger charge is 2.30. The summed E-state index contributed by atoms with van der Waals surface area (Å²) < 4.78 is 5.57. The minimum absolute atomic E-state index is 0.000716. The third-order valence-corrected chi connectivity index (χ3v) is 3.32. The SMILES string of the molecule is C[C@H](NC(=O)C1CCC(CN)O1)c1ccccc1. The van der Waals surface area contributed by atoms with Crippen molar-refractivity contribution in [2.24, 2.45) is 5.73 Å². The van der Waals surface area contributed by atoms with Crippen LogP contribution in [0.5, 0.6) is 0 Å². The zero-order chi connectivity index (χ0) is 13.0. The lowest BCUT2D eigenvalue weighted by Gasteiger charge is -2.18. The molecule has 0 aliphatic carbocycles. The van der Waals surface area contributed by atoms with Crippen LogP contribution in [-0.4, -0.2) is 24.7 Å². The molecule has 18 heavy (non-hydrogen) atoms. The standard InChI is InChI=1S/C14H20N2O2/c1-10(11-5-3-2-4-6-11)16-14(17)13-8-7-12(9-15)18-13/h2-6,10,12-13H,7-9,15H2,1H3,(H,16,17)/t10-,12?,13?/m0/s1. The molecule has 2 unspecified atom stereocenters. The molecule has 1 saturated heterocycles. The molecule has 0 bridgehead atoms. The van der Waals surface area contributed by atoms with Crippen LogP contribution in [0.2, 0.25) is 0 Å². The Bertz CT molecular complexity index is 394. The second-order valence-corrected chi connectivity index (χ2v) is 4.70. The van der Waals surface area contributed by atoms with Crippen molar-refractivity contribution in [1.82, 2.24) is 5.32 Å². The Labute approximate surface area is 108 Å². The molecular formula is C14H20N2O2. The molecular weight excluding hydrogens is 228 g/mol. The predicted molar refractivity (Wildman–Crippen MR) is 69.9 cm³/mol. The Morgan fingerprint density at radius 3 is 2.78 bits per heavy atom. The van der Waals surface area contributed by atoms with E-state index in [2.05, 4.69) is 5.32 Å². The second-order valence-electron chi connectivity index (χ2n) is 4.70. The molecule has 0 radical (unpaired) electrons. The van der Waals surface area contributed by atoms with E-state index >= 15 is 0 Å². The van der Waals surface area contributed by atoms with Crippen molar-refractivity contribution in [2.45, 2.75) is 38.0 Å². The number of amides is 1. The van der Waals surface area contributed by atoms with E-state index in [1.165, 1.54) is 0 Å². The summed E-state index contributed by atoms with van der Waals surface area (Å²) in [6, 6.07) is 9.90. The van der Waals surface area contributed by atoms with E-state index in [1.54, 1.807) is 0 Å². The Morgan fingerprint density at radius 2 is 2.17 bits per heavy atom. The second kappa shape index (κ2) is 5.98. The van der Waals surface area contributed by atoms with Gasteiger partial charge in [-0.15, -0.1) is 0 Å². The highest BCUT2D eigenvalue weighted by Crippen LogP contribution is 2.20. The minimum atomic E-state index is -0.343. The summed E-state index contributed by atoms with van der Waals surface area (Å²) in [4.78, 5) is 12.0. The first-order valence-corrected chi connectivity index (χ1v) is 6.41. The van der Waals surface area contributed by atoms with Gasteiger partial charge in [0, 0.05) is 6.54 Å². The van der Waals surface area contributed by atoms with E-state index in [4.69, 9.17) is 10.5 Å². The smallest absolute Gasteiger partial charge is 0.249 e. The van der Waals surface area contributed by atoms with Crippen molar-refractivity contribution >= 4 is 5.91 Å². The first kappa shape index (κ1) is 13.1. The fraction of sp³-hybridized carbons (Fsp3) is 0.500. The van der Waals surface area contributed by atoms with Crippen LogP contribution in [0.1, 0.15) is 31.4 Å². The Balaban J connectivity index is 1.88. The van der Waals surface area contributed by atoms with E-state index in [0.717, 1.165) is 18.4 Å². The molecule has 3 atom stereocenters. The topological polar surface area (TPSA) is 64.4 Å². The summed E-state index contributed by atoms with van der Waals surface area (Å²) in [7, 11) is 0. The highest BCUT2D eigenvalue weighted by atomic mass is 16.5. The summed E-state index contributed by atoms with van der Waals surface area (Å²) in [6.07, 6.45) is 1.32. The largest absolute Gasteiger partial charge is 0.364 e. The van der Waals surface area contributed by atoms with Gasteiger partial charge >= 0.3 is 0 Å². The first-order chi connectivity index (χ1) is 8.70. The molecule has 0 saturated carbocycles. The quantitative estimate of drug-likeness (QED) is 0.846. The number of ether oxygens (including phenoxy) is 1. The van der Waals surface area contributed by atoms with Gasteiger partial charge < -0.3 is 15.8 Å². The average Bonchev–Trinajstić information content (AvgIpc) is 2.88. The monoisotopic (exact) mass is 248 g/mol. The van der Waals surface area contributed by atoms with Gasteiger partial charge in [0.25, 0.3) is 0 Å². The zero-order valence-electron chi connectivity index (χ0n) is 10.6. The molecule has 4 nitrogen and oxygen atoms in total. The van der Waals surface area contributed by atoms with Crippen LogP contribution >= 0.6 is 0 Å². The highest BCUT2D eigenvalue weighted by molar-refractivity contribution is 5.81. The third-order valence-electron chi connectivity index (χ3n) is 3.32. The summed E-state index contributed by atoms with van der Waals surface area (Å²) in [5.74, 6) is -0.0395. The third kappa shape index (κ3) is 3.09. The van der Waals surface area contributed by atoms with Crippen LogP contribution in [0.4, 0.5) is 0 Å². The van der Waals surface area contributed by atoms with Crippen LogP contribution < -0.4 is 11.1 Å². The van der Waals surface area contributed by atoms with Gasteiger partial charge in [-0.3, -0.25) is 4.79 Å². The maximum Gasteiger partial charge on any atom is 0.249 e. The van der Waals surface area contributed by atoms with Gasteiger partial charge in [0.15, 0.2) is 0 Å². The minimum Gasteiger partial charge on any atom is -0.364 e. The average molecular weight is 248 g/mol. The molecule has 1 aliphatic heterocycles. The van der Waals surface area contributed by atoms with Crippen molar-refractivity contribution in [1.29, 1.82) is 0 Å². The summed E-state index contributed by atoms with van der Waals surface area (Å²) in [5.41, 5.74) is 6.63. The summed E-state index contributed by atoms with van der Waals surface area (Å²) in [6.45, 7) is 2.46. The van der Waals surface area contributed by atoms with Crippen molar-refractivity contribution in [3.63, 3.8) is 0 Å². The molecule has 4 heteroatoms. The van der Waals surface area contributed by atoms with Crippen molar-refractivity contribution in [2.75, 3.05) is 6.54 Å². The van der Waals surface area contributed by atoms with Crippen molar-refractivity contribution in [3.05, 3.63) is 35.9 Å². The van der Waals surface area contributed by atoms with E-state index in [-0.39, 0.29) is 24.2 Å². The first-order valence-electron chi connectivity index (χ1n) is 6.41. The van der Waals surface area contributed by atoms with Gasteiger partial charge in [0.1, 0.15) is 6.10 Å². The van der Waals surface area contributed by atoms with E-state index in [9.17, 15) is 4.79 Å². The van der Waals surface area contributed by atoms with Gasteiger partial charge in [0.05, 0.1) is 12.1 Å². The normalized spacial score (nSPS) is 24.8. The van der Waals surface area contributed by atoms with Gasteiger partial charge in [-0.2, -0.15) is 0 Å². The molecule has 2 rings (SSSR count). The molecule has 0 spiro atoms. The Hall–Kier alpha value is -1.39. The van der Waals surface area contributed by atoms with Crippen molar-refractivity contribution < 1.29 is 9.53 Å². The number of nitrogens with one attached hydrogen (secondary N) is 1. The maximum absolute atomic E-state index is 12.0. The molecule has 1 aromatic rings. The van der Waals surface area contributed by atoms with Gasteiger partial charge in [-0.1, -0.05) is 30.3 Å². The summed E-state index contributed by atoms with van der Waals surface area (Å²) in [5, 5.41) is 2.98. The summed E-state index contributed by atoms with van der Waals surface area (Å²) >= 11 is 0. The van der Waals surface area contributed by atoms with Crippen LogP contribution in [0.3, 0.4) is 0 Å². The number of carbonyl (C=O) groups is 1. The lowest BCUT2D eigenvalue weighted by Crippen LogP contribution is -2.36.